The van der Waals surface area contributed by atoms with Crippen molar-refractivity contribution in [3.8, 4) is 11.5 Å². The van der Waals surface area contributed by atoms with E-state index in [0.717, 1.165) is 30.4 Å². The smallest absolute Gasteiger partial charge is 0.467 e. The summed E-state index contributed by atoms with van der Waals surface area (Å²) in [5, 5.41) is 3.29. The van der Waals surface area contributed by atoms with E-state index in [1.165, 1.54) is 18.6 Å². The maximum Gasteiger partial charge on any atom is 0.573 e. The van der Waals surface area contributed by atoms with Crippen LogP contribution in [0.2, 0.25) is 0 Å². The summed E-state index contributed by atoms with van der Waals surface area (Å²) in [6, 6.07) is 11.4. The number of rotatable bonds is 9. The minimum atomic E-state index is -4.73. The van der Waals surface area contributed by atoms with Gasteiger partial charge in [-0.3, -0.25) is 0 Å². The zero-order valence-electron chi connectivity index (χ0n) is 21.2. The lowest BCUT2D eigenvalue weighted by Gasteiger charge is -2.39. The number of anilines is 2. The Bertz CT molecular complexity index is 1160. The lowest BCUT2D eigenvalue weighted by molar-refractivity contribution is -0.274. The molecule has 1 heterocycles. The van der Waals surface area contributed by atoms with Gasteiger partial charge in [0.25, 0.3) is 0 Å². The van der Waals surface area contributed by atoms with E-state index >= 15 is 0 Å². The van der Waals surface area contributed by atoms with Crippen LogP contribution in [0.15, 0.2) is 42.5 Å². The number of imidazole rings is 1. The zero-order chi connectivity index (χ0) is 25.9. The predicted octanol–water partition coefficient (Wildman–Crippen LogP) is 7.51. The quantitative estimate of drug-likeness (QED) is 0.241. The number of halogens is 3. The summed E-state index contributed by atoms with van der Waals surface area (Å²) in [4.78, 5) is 4.80. The molecule has 9 heteroatoms. The van der Waals surface area contributed by atoms with Crippen LogP contribution < -0.4 is 14.8 Å². The van der Waals surface area contributed by atoms with Crippen LogP contribution in [0.1, 0.15) is 47.0 Å². The van der Waals surface area contributed by atoms with Crippen molar-refractivity contribution in [1.29, 1.82) is 0 Å². The highest BCUT2D eigenvalue weighted by atomic mass is 19.4. The third-order valence-corrected chi connectivity index (χ3v) is 6.50. The van der Waals surface area contributed by atoms with Gasteiger partial charge in [-0.2, -0.15) is 0 Å². The first-order valence-electron chi connectivity index (χ1n) is 12.3. The van der Waals surface area contributed by atoms with Crippen molar-refractivity contribution in [2.75, 3.05) is 18.7 Å². The highest BCUT2D eigenvalue weighted by Gasteiger charge is 2.33. The summed E-state index contributed by atoms with van der Waals surface area (Å²) in [5.74, 6) is 2.16. The molecule has 2 aromatic carbocycles. The zero-order valence-corrected chi connectivity index (χ0v) is 21.2. The van der Waals surface area contributed by atoms with E-state index in [4.69, 9.17) is 14.5 Å². The number of ether oxygens (including phenoxy) is 3. The predicted molar refractivity (Wildman–Crippen MR) is 134 cm³/mol. The molecule has 0 bridgehead atoms. The monoisotopic (exact) mass is 505 g/mol. The number of hydrogen-bond donors (Lipinski definition) is 1. The van der Waals surface area contributed by atoms with Crippen LogP contribution in [0.25, 0.3) is 11.0 Å². The van der Waals surface area contributed by atoms with Gasteiger partial charge in [0.2, 0.25) is 5.95 Å². The van der Waals surface area contributed by atoms with E-state index < -0.39 is 6.36 Å². The molecule has 6 nitrogen and oxygen atoms in total. The molecule has 1 saturated carbocycles. The molecule has 1 aliphatic carbocycles. The summed E-state index contributed by atoms with van der Waals surface area (Å²) < 4.78 is 54.8. The molecule has 0 saturated heterocycles. The minimum Gasteiger partial charge on any atom is -0.467 e. The van der Waals surface area contributed by atoms with Gasteiger partial charge in [-0.05, 0) is 79.8 Å². The van der Waals surface area contributed by atoms with Crippen molar-refractivity contribution in [2.24, 2.45) is 17.3 Å². The fourth-order valence-corrected chi connectivity index (χ4v) is 5.48. The van der Waals surface area contributed by atoms with Gasteiger partial charge in [-0.1, -0.05) is 20.8 Å². The number of alkyl halides is 3. The third kappa shape index (κ3) is 6.84. The van der Waals surface area contributed by atoms with Gasteiger partial charge < -0.3 is 24.1 Å². The van der Waals surface area contributed by atoms with Gasteiger partial charge in [0.05, 0.1) is 11.0 Å². The van der Waals surface area contributed by atoms with Crippen molar-refractivity contribution in [1.82, 2.24) is 9.55 Å². The average molecular weight is 506 g/mol. The molecule has 1 aromatic heterocycles. The van der Waals surface area contributed by atoms with Crippen LogP contribution in [-0.4, -0.2) is 29.3 Å². The molecule has 4 rings (SSSR count). The van der Waals surface area contributed by atoms with Gasteiger partial charge in [0.1, 0.15) is 11.5 Å². The molecule has 1 fully saturated rings. The van der Waals surface area contributed by atoms with E-state index in [-0.39, 0.29) is 18.0 Å². The number of fused-ring (bicyclic) bond motifs is 1. The van der Waals surface area contributed by atoms with Crippen molar-refractivity contribution < 1.29 is 27.4 Å². The van der Waals surface area contributed by atoms with Crippen LogP contribution in [0, 0.1) is 17.3 Å². The Labute approximate surface area is 209 Å². The largest absolute Gasteiger partial charge is 0.573 e. The molecule has 196 valence electrons. The first kappa shape index (κ1) is 26.1. The highest BCUT2D eigenvalue weighted by Crippen LogP contribution is 2.43. The molecule has 0 amide bonds. The molecular formula is C27H34F3N3O3. The SMILES string of the molecule is CCOCOc1ccc2nc(Nc3ccc(OC(F)(F)F)cc3)n(C[C@@H]3CC(C)CC(C)(C)C3)c2c1. The molecule has 0 radical (unpaired) electrons. The van der Waals surface area contributed by atoms with E-state index in [2.05, 4.69) is 35.4 Å². The van der Waals surface area contributed by atoms with Gasteiger partial charge in [-0.25, -0.2) is 4.98 Å². The van der Waals surface area contributed by atoms with Crippen molar-refractivity contribution >= 4 is 22.7 Å². The molecular weight excluding hydrogens is 471 g/mol. The number of nitrogens with one attached hydrogen (secondary N) is 1. The highest BCUT2D eigenvalue weighted by molar-refractivity contribution is 5.81. The maximum absolute atomic E-state index is 12.5. The van der Waals surface area contributed by atoms with Gasteiger partial charge in [0.15, 0.2) is 6.79 Å². The van der Waals surface area contributed by atoms with Crippen LogP contribution in [0.4, 0.5) is 24.8 Å². The standard InChI is InChI=1S/C27H34F3N3O3/c1-5-34-17-35-22-10-11-23-24(13-22)33(16-19-12-18(2)14-26(3,4)15-19)25(32-23)31-20-6-8-21(9-7-20)36-27(28,29)30/h6-11,13,18-19H,5,12,14-17H2,1-4H3,(H,31,32)/t18?,19-/m1/s1. The first-order chi connectivity index (χ1) is 17.0. The van der Waals surface area contributed by atoms with Crippen LogP contribution in [-0.2, 0) is 11.3 Å². The number of nitrogens with zero attached hydrogens (tertiary/aromatic N) is 2. The number of hydrogen-bond acceptors (Lipinski definition) is 5. The third-order valence-electron chi connectivity index (χ3n) is 6.50. The van der Waals surface area contributed by atoms with Gasteiger partial charge in [0, 0.05) is 24.9 Å². The number of aromatic nitrogens is 2. The molecule has 0 spiro atoms. The normalized spacial score (nSPS) is 19.9. The summed E-state index contributed by atoms with van der Waals surface area (Å²) in [7, 11) is 0. The fraction of sp³-hybridized carbons (Fsp3) is 0.519. The van der Waals surface area contributed by atoms with Gasteiger partial charge in [-0.15, -0.1) is 13.2 Å². The molecule has 3 aromatic rings. The molecule has 0 aliphatic heterocycles. The van der Waals surface area contributed by atoms with Gasteiger partial charge >= 0.3 is 6.36 Å². The molecule has 36 heavy (non-hydrogen) atoms. The molecule has 1 unspecified atom stereocenters. The second kappa shape index (κ2) is 10.6. The number of benzene rings is 2. The van der Waals surface area contributed by atoms with Crippen molar-refractivity contribution in [3.63, 3.8) is 0 Å². The van der Waals surface area contributed by atoms with Crippen LogP contribution in [0.3, 0.4) is 0 Å². The topological polar surface area (TPSA) is 57.5 Å². The van der Waals surface area contributed by atoms with Crippen LogP contribution >= 0.6 is 0 Å². The van der Waals surface area contributed by atoms with Crippen molar-refractivity contribution in [2.45, 2.75) is 59.9 Å². The Morgan fingerprint density at radius 1 is 1.08 bits per heavy atom. The molecule has 1 aliphatic rings. The second-order valence-corrected chi connectivity index (χ2v) is 10.4. The Balaban J connectivity index is 1.64. The summed E-state index contributed by atoms with van der Waals surface area (Å²) in [6.45, 7) is 10.4. The molecule has 1 N–H and O–H groups in total. The maximum atomic E-state index is 12.5. The van der Waals surface area contributed by atoms with Crippen molar-refractivity contribution in [3.05, 3.63) is 42.5 Å². The Hall–Kier alpha value is -2.94. The minimum absolute atomic E-state index is 0.169. The lowest BCUT2D eigenvalue weighted by atomic mass is 9.68. The lowest BCUT2D eigenvalue weighted by Crippen LogP contribution is -2.30. The second-order valence-electron chi connectivity index (χ2n) is 10.4. The van der Waals surface area contributed by atoms with E-state index in [1.807, 2.05) is 25.1 Å². The van der Waals surface area contributed by atoms with Crippen LogP contribution in [0.5, 0.6) is 11.5 Å². The summed E-state index contributed by atoms with van der Waals surface area (Å²) in [5.41, 5.74) is 2.62. The Morgan fingerprint density at radius 3 is 2.47 bits per heavy atom. The fourth-order valence-electron chi connectivity index (χ4n) is 5.48. The Kier molecular flexibility index (Phi) is 7.68. The van der Waals surface area contributed by atoms with E-state index in [1.54, 1.807) is 12.1 Å². The summed E-state index contributed by atoms with van der Waals surface area (Å²) in [6.07, 6.45) is -1.27. The Morgan fingerprint density at radius 2 is 1.81 bits per heavy atom. The van der Waals surface area contributed by atoms with E-state index in [0.29, 0.717) is 35.8 Å². The molecule has 2 atom stereocenters. The first-order valence-corrected chi connectivity index (χ1v) is 12.3. The average Bonchev–Trinajstić information content (AvgIpc) is 3.09. The van der Waals surface area contributed by atoms with E-state index in [9.17, 15) is 13.2 Å². The summed E-state index contributed by atoms with van der Waals surface area (Å²) >= 11 is 0.